The summed E-state index contributed by atoms with van der Waals surface area (Å²) >= 11 is 0. The number of nitrogens with zero attached hydrogens (tertiary/aromatic N) is 3. The first-order valence-corrected chi connectivity index (χ1v) is 9.22. The molecular weight excluding hydrogens is 334 g/mol. The van der Waals surface area contributed by atoms with E-state index in [4.69, 9.17) is 0 Å². The molecule has 0 unspecified atom stereocenters. The summed E-state index contributed by atoms with van der Waals surface area (Å²) in [6, 6.07) is 15.7. The Morgan fingerprint density at radius 1 is 1.11 bits per heavy atom. The molecule has 1 amide bonds. The SMILES string of the molecule is CC[C@@H](c1cccnc1)N(C)C(=O)c1cccc(-c2cc(C)cc(C)n2)c1. The molecule has 3 aromatic rings. The molecule has 138 valence electrons. The third kappa shape index (κ3) is 4.22. The van der Waals surface area contributed by atoms with Crippen molar-refractivity contribution >= 4 is 5.91 Å². The van der Waals surface area contributed by atoms with E-state index in [0.717, 1.165) is 34.5 Å². The van der Waals surface area contributed by atoms with Gasteiger partial charge in [0, 0.05) is 36.3 Å². The second-order valence-corrected chi connectivity index (χ2v) is 6.88. The first-order chi connectivity index (χ1) is 13.0. The number of aromatic nitrogens is 2. The lowest BCUT2D eigenvalue weighted by Crippen LogP contribution is -2.31. The van der Waals surface area contributed by atoms with Crippen molar-refractivity contribution in [2.24, 2.45) is 0 Å². The number of carbonyl (C=O) groups excluding carboxylic acids is 1. The number of aryl methyl sites for hydroxylation is 2. The molecule has 0 fully saturated rings. The van der Waals surface area contributed by atoms with E-state index in [9.17, 15) is 4.79 Å². The largest absolute Gasteiger partial charge is 0.335 e. The van der Waals surface area contributed by atoms with Crippen LogP contribution in [-0.4, -0.2) is 27.8 Å². The highest BCUT2D eigenvalue weighted by Gasteiger charge is 2.21. The van der Waals surface area contributed by atoms with Crippen molar-refractivity contribution in [3.8, 4) is 11.3 Å². The van der Waals surface area contributed by atoms with E-state index in [1.165, 1.54) is 0 Å². The summed E-state index contributed by atoms with van der Waals surface area (Å²) in [4.78, 5) is 23.7. The van der Waals surface area contributed by atoms with Gasteiger partial charge in [0.2, 0.25) is 0 Å². The Morgan fingerprint density at radius 3 is 2.59 bits per heavy atom. The minimum absolute atomic E-state index is 0.00284. The van der Waals surface area contributed by atoms with Crippen molar-refractivity contribution in [1.29, 1.82) is 0 Å². The van der Waals surface area contributed by atoms with E-state index in [-0.39, 0.29) is 11.9 Å². The molecule has 0 saturated carbocycles. The Labute approximate surface area is 160 Å². The number of amides is 1. The third-order valence-electron chi connectivity index (χ3n) is 4.75. The smallest absolute Gasteiger partial charge is 0.254 e. The van der Waals surface area contributed by atoms with E-state index in [0.29, 0.717) is 5.56 Å². The van der Waals surface area contributed by atoms with Gasteiger partial charge in [-0.05, 0) is 61.7 Å². The van der Waals surface area contributed by atoms with Crippen LogP contribution in [0.15, 0.2) is 60.9 Å². The number of pyridine rings is 2. The topological polar surface area (TPSA) is 46.1 Å². The lowest BCUT2D eigenvalue weighted by Gasteiger charge is -2.27. The number of hydrogen-bond donors (Lipinski definition) is 0. The summed E-state index contributed by atoms with van der Waals surface area (Å²) in [6.45, 7) is 6.12. The van der Waals surface area contributed by atoms with Crippen LogP contribution in [0.3, 0.4) is 0 Å². The molecule has 3 rings (SSSR count). The standard InChI is InChI=1S/C23H25N3O/c1-5-22(20-10-7-11-24-15-20)26(4)23(27)19-9-6-8-18(14-19)21-13-16(2)12-17(3)25-21/h6-15,22H,5H2,1-4H3/t22-/m0/s1. The molecule has 0 aliphatic rings. The molecule has 0 radical (unpaired) electrons. The van der Waals surface area contributed by atoms with E-state index in [1.807, 2.05) is 68.7 Å². The van der Waals surface area contributed by atoms with E-state index < -0.39 is 0 Å². The van der Waals surface area contributed by atoms with Crippen LogP contribution in [-0.2, 0) is 0 Å². The normalized spacial score (nSPS) is 11.9. The summed E-state index contributed by atoms with van der Waals surface area (Å²) < 4.78 is 0. The van der Waals surface area contributed by atoms with Crippen molar-refractivity contribution in [3.63, 3.8) is 0 Å². The number of rotatable bonds is 5. The molecule has 0 bridgehead atoms. The van der Waals surface area contributed by atoms with Gasteiger partial charge in [-0.1, -0.05) is 25.1 Å². The maximum Gasteiger partial charge on any atom is 0.254 e. The van der Waals surface area contributed by atoms with E-state index in [1.54, 1.807) is 11.1 Å². The van der Waals surface area contributed by atoms with Crippen molar-refractivity contribution in [1.82, 2.24) is 14.9 Å². The molecular formula is C23H25N3O. The van der Waals surface area contributed by atoms with Crippen LogP contribution in [0.2, 0.25) is 0 Å². The second kappa shape index (κ2) is 8.12. The minimum atomic E-state index is -0.00537. The van der Waals surface area contributed by atoms with Crippen LogP contribution < -0.4 is 0 Å². The highest BCUT2D eigenvalue weighted by atomic mass is 16.2. The molecule has 27 heavy (non-hydrogen) atoms. The molecule has 4 nitrogen and oxygen atoms in total. The first-order valence-electron chi connectivity index (χ1n) is 9.22. The molecule has 4 heteroatoms. The number of carbonyl (C=O) groups is 1. The molecule has 2 heterocycles. The minimum Gasteiger partial charge on any atom is -0.335 e. The Hall–Kier alpha value is -3.01. The lowest BCUT2D eigenvalue weighted by molar-refractivity contribution is 0.0726. The van der Waals surface area contributed by atoms with Gasteiger partial charge in [-0.25, -0.2) is 0 Å². The first kappa shape index (κ1) is 18.8. The van der Waals surface area contributed by atoms with Gasteiger partial charge in [-0.2, -0.15) is 0 Å². The second-order valence-electron chi connectivity index (χ2n) is 6.88. The average molecular weight is 359 g/mol. The maximum atomic E-state index is 13.1. The zero-order valence-corrected chi connectivity index (χ0v) is 16.3. The fourth-order valence-electron chi connectivity index (χ4n) is 3.45. The monoisotopic (exact) mass is 359 g/mol. The van der Waals surface area contributed by atoms with Crippen LogP contribution >= 0.6 is 0 Å². The highest BCUT2D eigenvalue weighted by Crippen LogP contribution is 2.26. The average Bonchev–Trinajstić information content (AvgIpc) is 2.68. The molecule has 0 aliphatic carbocycles. The number of benzene rings is 1. The molecule has 0 spiro atoms. The Morgan fingerprint density at radius 2 is 1.93 bits per heavy atom. The van der Waals surface area contributed by atoms with Crippen molar-refractivity contribution in [2.45, 2.75) is 33.2 Å². The van der Waals surface area contributed by atoms with Gasteiger partial charge in [0.25, 0.3) is 5.91 Å². The quantitative estimate of drug-likeness (QED) is 0.645. The van der Waals surface area contributed by atoms with E-state index in [2.05, 4.69) is 23.8 Å². The molecule has 1 atom stereocenters. The molecule has 0 aliphatic heterocycles. The Balaban J connectivity index is 1.90. The van der Waals surface area contributed by atoms with Gasteiger partial charge in [0.05, 0.1) is 11.7 Å². The third-order valence-corrected chi connectivity index (χ3v) is 4.75. The van der Waals surface area contributed by atoms with Crippen molar-refractivity contribution in [3.05, 3.63) is 83.3 Å². The van der Waals surface area contributed by atoms with Crippen molar-refractivity contribution < 1.29 is 4.79 Å². The predicted molar refractivity (Wildman–Crippen MR) is 109 cm³/mol. The molecule has 1 aromatic carbocycles. The van der Waals surface area contributed by atoms with Crippen LogP contribution in [0, 0.1) is 13.8 Å². The summed E-state index contributed by atoms with van der Waals surface area (Å²) in [5.41, 5.74) is 5.69. The highest BCUT2D eigenvalue weighted by molar-refractivity contribution is 5.95. The summed E-state index contributed by atoms with van der Waals surface area (Å²) in [7, 11) is 1.85. The summed E-state index contributed by atoms with van der Waals surface area (Å²) in [5, 5.41) is 0. The number of hydrogen-bond acceptors (Lipinski definition) is 3. The fraction of sp³-hybridized carbons (Fsp3) is 0.261. The van der Waals surface area contributed by atoms with Gasteiger partial charge in [0.15, 0.2) is 0 Å². The van der Waals surface area contributed by atoms with Crippen LogP contribution in [0.25, 0.3) is 11.3 Å². The molecule has 0 saturated heterocycles. The van der Waals surface area contributed by atoms with Gasteiger partial charge in [-0.3, -0.25) is 14.8 Å². The predicted octanol–water partition coefficient (Wildman–Crippen LogP) is 4.98. The van der Waals surface area contributed by atoms with Crippen molar-refractivity contribution in [2.75, 3.05) is 7.05 Å². The van der Waals surface area contributed by atoms with Crippen LogP contribution in [0.1, 0.15) is 46.6 Å². The van der Waals surface area contributed by atoms with E-state index >= 15 is 0 Å². The Bertz CT molecular complexity index is 917. The van der Waals surface area contributed by atoms with Crippen LogP contribution in [0.5, 0.6) is 0 Å². The maximum absolute atomic E-state index is 13.1. The summed E-state index contributed by atoms with van der Waals surface area (Å²) in [6.07, 6.45) is 4.40. The van der Waals surface area contributed by atoms with Crippen LogP contribution in [0.4, 0.5) is 0 Å². The van der Waals surface area contributed by atoms with Gasteiger partial charge < -0.3 is 4.90 Å². The van der Waals surface area contributed by atoms with Gasteiger partial charge >= 0.3 is 0 Å². The summed E-state index contributed by atoms with van der Waals surface area (Å²) in [5.74, 6) is -0.00284. The molecule has 2 aromatic heterocycles. The van der Waals surface area contributed by atoms with Gasteiger partial charge in [-0.15, -0.1) is 0 Å². The molecule has 0 N–H and O–H groups in total. The Kier molecular flexibility index (Phi) is 5.65. The lowest BCUT2D eigenvalue weighted by atomic mass is 10.0. The van der Waals surface area contributed by atoms with Gasteiger partial charge in [0.1, 0.15) is 0 Å². The zero-order chi connectivity index (χ0) is 19.4. The zero-order valence-electron chi connectivity index (χ0n) is 16.3. The fourth-order valence-corrected chi connectivity index (χ4v) is 3.45.